The van der Waals surface area contributed by atoms with Gasteiger partial charge in [-0.05, 0) is 19.3 Å². The highest BCUT2D eigenvalue weighted by Gasteiger charge is 2.23. The van der Waals surface area contributed by atoms with E-state index in [1.807, 2.05) is 11.6 Å². The first kappa shape index (κ1) is 10.6. The first-order valence-corrected chi connectivity index (χ1v) is 5.38. The van der Waals surface area contributed by atoms with Gasteiger partial charge < -0.3 is 14.6 Å². The first-order valence-electron chi connectivity index (χ1n) is 5.38. The third-order valence-corrected chi connectivity index (χ3v) is 3.07. The van der Waals surface area contributed by atoms with Crippen LogP contribution < -0.4 is 5.32 Å². The number of nitrogens with one attached hydrogen (secondary N) is 1. The zero-order chi connectivity index (χ0) is 10.7. The second-order valence-corrected chi connectivity index (χ2v) is 4.11. The summed E-state index contributed by atoms with van der Waals surface area (Å²) >= 11 is 0. The van der Waals surface area contributed by atoms with Crippen molar-refractivity contribution < 1.29 is 4.74 Å². The highest BCUT2D eigenvalue weighted by atomic mass is 16.5. The molecule has 0 spiro atoms. The van der Waals surface area contributed by atoms with Gasteiger partial charge in [0.05, 0.1) is 12.6 Å². The number of aryl methyl sites for hydroxylation is 1. The van der Waals surface area contributed by atoms with Crippen molar-refractivity contribution >= 4 is 0 Å². The number of nitrogens with zero attached hydrogens (tertiary/aromatic N) is 3. The molecule has 0 amide bonds. The summed E-state index contributed by atoms with van der Waals surface area (Å²) in [6.07, 6.45) is 5.61. The summed E-state index contributed by atoms with van der Waals surface area (Å²) in [5.74, 6) is 0.982. The molecule has 15 heavy (non-hydrogen) atoms. The maximum Gasteiger partial charge on any atom is 0.146 e. The quantitative estimate of drug-likeness (QED) is 0.785. The molecule has 1 saturated carbocycles. The molecular formula is C10H18N4O. The van der Waals surface area contributed by atoms with Crippen molar-refractivity contribution in [1.82, 2.24) is 20.1 Å². The third-order valence-electron chi connectivity index (χ3n) is 3.07. The Morgan fingerprint density at radius 2 is 2.47 bits per heavy atom. The van der Waals surface area contributed by atoms with Crippen LogP contribution in [0.5, 0.6) is 0 Å². The fourth-order valence-corrected chi connectivity index (χ4v) is 2.04. The molecule has 1 fully saturated rings. The lowest BCUT2D eigenvalue weighted by atomic mass is 10.2. The fraction of sp³-hybridized carbons (Fsp3) is 0.800. The van der Waals surface area contributed by atoms with Gasteiger partial charge in [-0.3, -0.25) is 0 Å². The molecule has 1 N–H and O–H groups in total. The van der Waals surface area contributed by atoms with Crippen LogP contribution in [0.1, 0.15) is 25.1 Å². The van der Waals surface area contributed by atoms with E-state index in [0.717, 1.165) is 25.2 Å². The molecule has 0 aromatic carbocycles. The van der Waals surface area contributed by atoms with Crippen molar-refractivity contribution in [2.75, 3.05) is 7.11 Å². The van der Waals surface area contributed by atoms with E-state index in [1.54, 1.807) is 13.4 Å². The largest absolute Gasteiger partial charge is 0.381 e. The maximum atomic E-state index is 5.33. The van der Waals surface area contributed by atoms with Crippen LogP contribution in [0.15, 0.2) is 6.33 Å². The Bertz CT molecular complexity index is 312. The average Bonchev–Trinajstić information content (AvgIpc) is 2.84. The lowest BCUT2D eigenvalue weighted by Gasteiger charge is -2.12. The number of ether oxygens (including phenoxy) is 1. The highest BCUT2D eigenvalue weighted by Crippen LogP contribution is 2.21. The fourth-order valence-electron chi connectivity index (χ4n) is 2.04. The van der Waals surface area contributed by atoms with Crippen molar-refractivity contribution in [3.63, 3.8) is 0 Å². The molecule has 0 bridgehead atoms. The summed E-state index contributed by atoms with van der Waals surface area (Å²) in [4.78, 5) is 0. The van der Waals surface area contributed by atoms with Crippen LogP contribution in [0.25, 0.3) is 0 Å². The van der Waals surface area contributed by atoms with Gasteiger partial charge in [0.2, 0.25) is 0 Å². The van der Waals surface area contributed by atoms with Crippen molar-refractivity contribution in [3.05, 3.63) is 12.2 Å². The maximum absolute atomic E-state index is 5.33. The van der Waals surface area contributed by atoms with Crippen LogP contribution in [-0.4, -0.2) is 34.0 Å². The van der Waals surface area contributed by atoms with Crippen LogP contribution in [0, 0.1) is 0 Å². The third kappa shape index (κ3) is 2.54. The van der Waals surface area contributed by atoms with Crippen LogP contribution in [0.3, 0.4) is 0 Å². The highest BCUT2D eigenvalue weighted by molar-refractivity contribution is 4.87. The monoisotopic (exact) mass is 210 g/mol. The second-order valence-electron chi connectivity index (χ2n) is 4.11. The van der Waals surface area contributed by atoms with Crippen LogP contribution in [0.2, 0.25) is 0 Å². The van der Waals surface area contributed by atoms with Crippen molar-refractivity contribution in [2.24, 2.45) is 7.05 Å². The summed E-state index contributed by atoms with van der Waals surface area (Å²) in [5.41, 5.74) is 0. The second kappa shape index (κ2) is 4.72. The van der Waals surface area contributed by atoms with Crippen molar-refractivity contribution in [1.29, 1.82) is 0 Å². The number of rotatable bonds is 4. The standard InChI is InChI=1S/C10H18N4O/c1-14-7-12-13-10(14)6-11-8-3-4-9(5-8)15-2/h7-9,11H,3-6H2,1-2H3. The van der Waals surface area contributed by atoms with E-state index in [-0.39, 0.29) is 0 Å². The summed E-state index contributed by atoms with van der Waals surface area (Å²) in [6, 6.07) is 0.562. The Labute approximate surface area is 89.8 Å². The van der Waals surface area contributed by atoms with Gasteiger partial charge >= 0.3 is 0 Å². The molecule has 5 heteroatoms. The average molecular weight is 210 g/mol. The summed E-state index contributed by atoms with van der Waals surface area (Å²) in [5, 5.41) is 11.4. The van der Waals surface area contributed by atoms with Gasteiger partial charge in [-0.15, -0.1) is 10.2 Å². The molecule has 1 aromatic rings. The van der Waals surface area contributed by atoms with E-state index in [4.69, 9.17) is 4.74 Å². The normalized spacial score (nSPS) is 26.0. The summed E-state index contributed by atoms with van der Waals surface area (Å²) in [7, 11) is 3.75. The Hall–Kier alpha value is -0.940. The molecule has 0 radical (unpaired) electrons. The number of aromatic nitrogens is 3. The number of hydrogen-bond acceptors (Lipinski definition) is 4. The smallest absolute Gasteiger partial charge is 0.146 e. The Morgan fingerprint density at radius 1 is 1.60 bits per heavy atom. The summed E-state index contributed by atoms with van der Waals surface area (Å²) in [6.45, 7) is 0.789. The lowest BCUT2D eigenvalue weighted by molar-refractivity contribution is 0.107. The van der Waals surface area contributed by atoms with Gasteiger partial charge in [0.15, 0.2) is 0 Å². The van der Waals surface area contributed by atoms with Crippen LogP contribution >= 0.6 is 0 Å². The molecule has 2 atom stereocenters. The molecule has 1 heterocycles. The Balaban J connectivity index is 1.77. The van der Waals surface area contributed by atoms with E-state index >= 15 is 0 Å². The van der Waals surface area contributed by atoms with Gasteiger partial charge in [0, 0.05) is 20.2 Å². The lowest BCUT2D eigenvalue weighted by Crippen LogP contribution is -2.27. The van der Waals surface area contributed by atoms with Crippen molar-refractivity contribution in [3.8, 4) is 0 Å². The molecule has 1 aliphatic rings. The minimum atomic E-state index is 0.432. The molecule has 84 valence electrons. The molecule has 1 aromatic heterocycles. The van der Waals surface area contributed by atoms with E-state index in [2.05, 4.69) is 15.5 Å². The molecule has 5 nitrogen and oxygen atoms in total. The topological polar surface area (TPSA) is 52.0 Å². The van der Waals surface area contributed by atoms with Gasteiger partial charge in [-0.1, -0.05) is 0 Å². The summed E-state index contributed by atoms with van der Waals surface area (Å²) < 4.78 is 7.27. The predicted octanol–water partition coefficient (Wildman–Crippen LogP) is 0.472. The van der Waals surface area contributed by atoms with Crippen LogP contribution in [-0.2, 0) is 18.3 Å². The first-order chi connectivity index (χ1) is 7.29. The van der Waals surface area contributed by atoms with Gasteiger partial charge in [-0.25, -0.2) is 0 Å². The molecule has 0 saturated heterocycles. The van der Waals surface area contributed by atoms with Gasteiger partial charge in [-0.2, -0.15) is 0 Å². The van der Waals surface area contributed by atoms with E-state index < -0.39 is 0 Å². The number of methoxy groups -OCH3 is 1. The molecule has 2 unspecified atom stereocenters. The predicted molar refractivity (Wildman–Crippen MR) is 56.3 cm³/mol. The molecule has 1 aliphatic carbocycles. The van der Waals surface area contributed by atoms with Gasteiger partial charge in [0.25, 0.3) is 0 Å². The minimum absolute atomic E-state index is 0.432. The Morgan fingerprint density at radius 3 is 3.07 bits per heavy atom. The van der Waals surface area contributed by atoms with E-state index in [9.17, 15) is 0 Å². The van der Waals surface area contributed by atoms with E-state index in [0.29, 0.717) is 12.1 Å². The Kier molecular flexibility index (Phi) is 3.33. The minimum Gasteiger partial charge on any atom is -0.381 e. The van der Waals surface area contributed by atoms with Crippen molar-refractivity contribution in [2.45, 2.75) is 38.0 Å². The SMILES string of the molecule is COC1CCC(NCc2nncn2C)C1. The van der Waals surface area contributed by atoms with Crippen LogP contribution in [0.4, 0.5) is 0 Å². The molecular weight excluding hydrogens is 192 g/mol. The van der Waals surface area contributed by atoms with Gasteiger partial charge in [0.1, 0.15) is 12.2 Å². The molecule has 2 rings (SSSR count). The zero-order valence-corrected chi connectivity index (χ0v) is 9.31. The van der Waals surface area contributed by atoms with E-state index in [1.165, 1.54) is 6.42 Å². The zero-order valence-electron chi connectivity index (χ0n) is 9.31. The number of hydrogen-bond donors (Lipinski definition) is 1. The molecule has 0 aliphatic heterocycles.